The maximum Gasteiger partial charge on any atom is 0.313 e. The molecule has 7 heteroatoms. The van der Waals surface area contributed by atoms with Gasteiger partial charge in [-0.25, -0.2) is 0 Å². The van der Waals surface area contributed by atoms with E-state index in [1.165, 1.54) is 11.3 Å². The van der Waals surface area contributed by atoms with Gasteiger partial charge in [-0.05, 0) is 62.2 Å². The maximum atomic E-state index is 12.3. The fraction of sp³-hybridized carbons (Fsp3) is 0.364. The molecule has 1 aliphatic rings. The maximum absolute atomic E-state index is 12.3. The number of hydrogen-bond donors (Lipinski definition) is 2. The minimum atomic E-state index is -0.656. The average Bonchev–Trinajstić information content (AvgIpc) is 3.08. The van der Waals surface area contributed by atoms with Crippen LogP contribution in [0.25, 0.3) is 0 Å². The smallest absolute Gasteiger partial charge is 0.313 e. The van der Waals surface area contributed by atoms with Gasteiger partial charge < -0.3 is 20.4 Å². The predicted molar refractivity (Wildman–Crippen MR) is 120 cm³/mol. The van der Waals surface area contributed by atoms with Crippen molar-refractivity contribution in [2.24, 2.45) is 0 Å². The standard InChI is InChI=1S/C22H28N4O2S/c1-25(2)20(15-8-9-19-16(12-15)10-11-26(19)3)14-23-21(27)22(28)24-17-6-5-7-18(13-17)29-4/h5-9,12-13,20H,10-11,14H2,1-4H3,(H,23,27)(H,24,28). The Morgan fingerprint density at radius 1 is 1.17 bits per heavy atom. The Hall–Kier alpha value is -2.51. The first-order valence-electron chi connectivity index (χ1n) is 9.62. The van der Waals surface area contributed by atoms with Crippen LogP contribution in [0.2, 0.25) is 0 Å². The highest BCUT2D eigenvalue weighted by Gasteiger charge is 2.22. The number of likely N-dealkylation sites (N-methyl/N-ethyl adjacent to an activating group) is 2. The molecule has 0 aliphatic carbocycles. The molecule has 1 aliphatic heterocycles. The Morgan fingerprint density at radius 3 is 2.69 bits per heavy atom. The zero-order valence-corrected chi connectivity index (χ0v) is 18.2. The summed E-state index contributed by atoms with van der Waals surface area (Å²) < 4.78 is 0. The van der Waals surface area contributed by atoms with Crippen molar-refractivity contribution < 1.29 is 9.59 Å². The monoisotopic (exact) mass is 412 g/mol. The fourth-order valence-electron chi connectivity index (χ4n) is 3.55. The van der Waals surface area contributed by atoms with Crippen molar-refractivity contribution in [3.05, 3.63) is 53.6 Å². The van der Waals surface area contributed by atoms with Gasteiger partial charge in [0.05, 0.1) is 6.04 Å². The van der Waals surface area contributed by atoms with E-state index >= 15 is 0 Å². The summed E-state index contributed by atoms with van der Waals surface area (Å²) in [6, 6.07) is 13.9. The number of carbonyl (C=O) groups excluding carboxylic acids is 2. The first-order valence-corrected chi connectivity index (χ1v) is 10.8. The third-order valence-corrected chi connectivity index (χ3v) is 5.95. The highest BCUT2D eigenvalue weighted by atomic mass is 32.2. The summed E-state index contributed by atoms with van der Waals surface area (Å²) >= 11 is 1.58. The fourth-order valence-corrected chi connectivity index (χ4v) is 4.01. The summed E-state index contributed by atoms with van der Waals surface area (Å²) in [5, 5.41) is 5.44. The Bertz CT molecular complexity index is 900. The van der Waals surface area contributed by atoms with Crippen LogP contribution in [0.4, 0.5) is 11.4 Å². The van der Waals surface area contributed by atoms with Crippen LogP contribution in [0.5, 0.6) is 0 Å². The molecule has 29 heavy (non-hydrogen) atoms. The Morgan fingerprint density at radius 2 is 1.97 bits per heavy atom. The van der Waals surface area contributed by atoms with Crippen LogP contribution in [0, 0.1) is 0 Å². The summed E-state index contributed by atoms with van der Waals surface area (Å²) in [5.74, 6) is -1.29. The van der Waals surface area contributed by atoms with Crippen molar-refractivity contribution in [1.82, 2.24) is 10.2 Å². The Labute approximate surface area is 176 Å². The van der Waals surface area contributed by atoms with E-state index < -0.39 is 11.8 Å². The number of nitrogens with one attached hydrogen (secondary N) is 2. The van der Waals surface area contributed by atoms with Gasteiger partial charge >= 0.3 is 11.8 Å². The van der Waals surface area contributed by atoms with Gasteiger partial charge in [-0.15, -0.1) is 11.8 Å². The Kier molecular flexibility index (Phi) is 6.82. The summed E-state index contributed by atoms with van der Waals surface area (Å²) in [5.41, 5.74) is 4.35. The second-order valence-electron chi connectivity index (χ2n) is 7.44. The molecular weight excluding hydrogens is 384 g/mol. The molecule has 0 spiro atoms. The number of benzene rings is 2. The van der Waals surface area contributed by atoms with Crippen LogP contribution in [-0.4, -0.2) is 57.2 Å². The van der Waals surface area contributed by atoms with E-state index in [0.717, 1.165) is 23.4 Å². The molecule has 6 nitrogen and oxygen atoms in total. The number of nitrogens with zero attached hydrogens (tertiary/aromatic N) is 2. The molecule has 0 saturated carbocycles. The van der Waals surface area contributed by atoms with Crippen LogP contribution in [0.3, 0.4) is 0 Å². The molecule has 154 valence electrons. The topological polar surface area (TPSA) is 64.7 Å². The molecule has 2 aromatic carbocycles. The van der Waals surface area contributed by atoms with Crippen LogP contribution < -0.4 is 15.5 Å². The number of rotatable bonds is 6. The van der Waals surface area contributed by atoms with Gasteiger partial charge in [0.2, 0.25) is 0 Å². The van der Waals surface area contributed by atoms with Crippen molar-refractivity contribution in [2.75, 3.05) is 50.7 Å². The molecule has 0 bridgehead atoms. The lowest BCUT2D eigenvalue weighted by Crippen LogP contribution is -2.40. The van der Waals surface area contributed by atoms with Crippen molar-refractivity contribution in [3.8, 4) is 0 Å². The van der Waals surface area contributed by atoms with Gasteiger partial charge in [0.25, 0.3) is 0 Å². The van der Waals surface area contributed by atoms with E-state index in [2.05, 4.69) is 45.7 Å². The molecule has 3 rings (SSSR count). The number of thioether (sulfide) groups is 1. The van der Waals surface area contributed by atoms with Gasteiger partial charge in [-0.3, -0.25) is 9.59 Å². The quantitative estimate of drug-likeness (QED) is 0.564. The lowest BCUT2D eigenvalue weighted by atomic mass is 10.0. The highest BCUT2D eigenvalue weighted by molar-refractivity contribution is 7.98. The number of fused-ring (bicyclic) bond motifs is 1. The van der Waals surface area contributed by atoms with Crippen molar-refractivity contribution in [1.29, 1.82) is 0 Å². The van der Waals surface area contributed by atoms with E-state index in [4.69, 9.17) is 0 Å². The lowest BCUT2D eigenvalue weighted by Gasteiger charge is -2.26. The van der Waals surface area contributed by atoms with Gasteiger partial charge in [0, 0.05) is 36.4 Å². The number of hydrogen-bond acceptors (Lipinski definition) is 5. The molecule has 2 N–H and O–H groups in total. The first kappa shape index (κ1) is 21.2. The molecule has 0 fully saturated rings. The van der Waals surface area contributed by atoms with Crippen molar-refractivity contribution in [3.63, 3.8) is 0 Å². The van der Waals surface area contributed by atoms with Crippen molar-refractivity contribution >= 4 is 35.0 Å². The molecule has 1 unspecified atom stereocenters. The average molecular weight is 413 g/mol. The highest BCUT2D eigenvalue weighted by Crippen LogP contribution is 2.30. The molecule has 0 aromatic heterocycles. The van der Waals surface area contributed by atoms with Crippen LogP contribution in [0.1, 0.15) is 17.2 Å². The van der Waals surface area contributed by atoms with E-state index in [1.807, 2.05) is 38.6 Å². The lowest BCUT2D eigenvalue weighted by molar-refractivity contribution is -0.136. The summed E-state index contributed by atoms with van der Waals surface area (Å²) in [7, 11) is 6.05. The molecule has 2 amide bonds. The second-order valence-corrected chi connectivity index (χ2v) is 8.31. The molecule has 0 radical (unpaired) electrons. The van der Waals surface area contributed by atoms with E-state index in [-0.39, 0.29) is 6.04 Å². The summed E-state index contributed by atoms with van der Waals surface area (Å²) in [6.45, 7) is 1.39. The van der Waals surface area contributed by atoms with Gasteiger partial charge in [0.1, 0.15) is 0 Å². The SMILES string of the molecule is CSc1cccc(NC(=O)C(=O)NCC(c2ccc3c(c2)CCN3C)N(C)C)c1. The molecule has 2 aromatic rings. The third-order valence-electron chi connectivity index (χ3n) is 5.23. The van der Waals surface area contributed by atoms with Gasteiger partial charge in [-0.1, -0.05) is 18.2 Å². The molecule has 1 heterocycles. The number of amides is 2. The number of carbonyl (C=O) groups is 2. The van der Waals surface area contributed by atoms with Gasteiger partial charge in [0.15, 0.2) is 0 Å². The van der Waals surface area contributed by atoms with Crippen LogP contribution >= 0.6 is 11.8 Å². The van der Waals surface area contributed by atoms with Crippen LogP contribution in [-0.2, 0) is 16.0 Å². The molecular formula is C22H28N4O2S. The first-order chi connectivity index (χ1) is 13.9. The van der Waals surface area contributed by atoms with E-state index in [1.54, 1.807) is 17.8 Å². The molecule has 1 atom stereocenters. The molecule has 0 saturated heterocycles. The zero-order valence-electron chi connectivity index (χ0n) is 17.4. The Balaban J connectivity index is 1.63. The van der Waals surface area contributed by atoms with Crippen molar-refractivity contribution in [2.45, 2.75) is 17.4 Å². The predicted octanol–water partition coefficient (Wildman–Crippen LogP) is 2.76. The van der Waals surface area contributed by atoms with Gasteiger partial charge in [-0.2, -0.15) is 0 Å². The number of anilines is 2. The van der Waals surface area contributed by atoms with E-state index in [0.29, 0.717) is 12.2 Å². The second kappa shape index (κ2) is 9.33. The third kappa shape index (κ3) is 5.10. The minimum Gasteiger partial charge on any atom is -0.374 e. The normalized spacial score (nSPS) is 13.9. The van der Waals surface area contributed by atoms with Crippen LogP contribution in [0.15, 0.2) is 47.4 Å². The zero-order chi connectivity index (χ0) is 21.0. The largest absolute Gasteiger partial charge is 0.374 e. The minimum absolute atomic E-state index is 0.0113. The summed E-state index contributed by atoms with van der Waals surface area (Å²) in [6.07, 6.45) is 3.00. The van der Waals surface area contributed by atoms with E-state index in [9.17, 15) is 9.59 Å². The summed E-state index contributed by atoms with van der Waals surface area (Å²) in [4.78, 5) is 29.9.